The van der Waals surface area contributed by atoms with E-state index in [9.17, 15) is 14.7 Å². The summed E-state index contributed by atoms with van der Waals surface area (Å²) in [6, 6.07) is 15.6. The Morgan fingerprint density at radius 3 is 2.08 bits per heavy atom. The Kier molecular flexibility index (Phi) is 4.86. The molecule has 0 spiro atoms. The summed E-state index contributed by atoms with van der Waals surface area (Å²) >= 11 is 0. The van der Waals surface area contributed by atoms with Crippen LogP contribution in [0.2, 0.25) is 0 Å². The van der Waals surface area contributed by atoms with Crippen LogP contribution in [0.25, 0.3) is 11.1 Å². The predicted molar refractivity (Wildman–Crippen MR) is 94.1 cm³/mol. The van der Waals surface area contributed by atoms with Gasteiger partial charge in [-0.05, 0) is 35.6 Å². The molecule has 0 aromatic heterocycles. The zero-order valence-electron chi connectivity index (χ0n) is 14.0. The highest BCUT2D eigenvalue weighted by molar-refractivity contribution is 5.94. The molecule has 3 rings (SSSR count). The van der Waals surface area contributed by atoms with Crippen LogP contribution in [0, 0.1) is 5.92 Å². The lowest BCUT2D eigenvalue weighted by Crippen LogP contribution is -2.32. The summed E-state index contributed by atoms with van der Waals surface area (Å²) in [7, 11) is 0. The van der Waals surface area contributed by atoms with E-state index in [1.807, 2.05) is 48.5 Å². The summed E-state index contributed by atoms with van der Waals surface area (Å²) in [6.07, 6.45) is 0.0615. The van der Waals surface area contributed by atoms with Gasteiger partial charge in [-0.25, -0.2) is 0 Å². The van der Waals surface area contributed by atoms with E-state index in [1.165, 1.54) is 0 Å². The van der Waals surface area contributed by atoms with Crippen LogP contribution >= 0.6 is 0 Å². The third-order valence-electron chi connectivity index (χ3n) is 4.54. The maximum atomic E-state index is 12.2. The number of hydrogen-bond acceptors (Lipinski definition) is 4. The van der Waals surface area contributed by atoms with Gasteiger partial charge in [-0.15, -0.1) is 0 Å². The van der Waals surface area contributed by atoms with Crippen molar-refractivity contribution in [3.05, 3.63) is 59.7 Å². The molecule has 2 atom stereocenters. The largest absolute Gasteiger partial charge is 0.481 e. The molecule has 3 N–H and O–H groups in total. The van der Waals surface area contributed by atoms with Crippen molar-refractivity contribution in [3.63, 3.8) is 0 Å². The van der Waals surface area contributed by atoms with Crippen molar-refractivity contribution in [2.24, 2.45) is 11.7 Å². The molecule has 0 saturated carbocycles. The summed E-state index contributed by atoms with van der Waals surface area (Å²) in [6.45, 7) is 1.79. The van der Waals surface area contributed by atoms with Crippen LogP contribution in [0.4, 0.5) is 0 Å². The van der Waals surface area contributed by atoms with Crippen molar-refractivity contribution in [1.82, 2.24) is 0 Å². The summed E-state index contributed by atoms with van der Waals surface area (Å²) in [5, 5.41) is 9.24. The number of carbonyl (C=O) groups excluding carboxylic acids is 1. The first kappa shape index (κ1) is 17.2. The molecule has 0 fully saturated rings. The first-order valence-electron chi connectivity index (χ1n) is 8.32. The smallest absolute Gasteiger partial charge is 0.320 e. The minimum Gasteiger partial charge on any atom is -0.481 e. The number of esters is 1. The van der Waals surface area contributed by atoms with Crippen molar-refractivity contribution < 1.29 is 19.4 Å². The fraction of sp³-hybridized carbons (Fsp3) is 0.300. The Morgan fingerprint density at radius 1 is 1.08 bits per heavy atom. The highest BCUT2D eigenvalue weighted by Crippen LogP contribution is 2.44. The van der Waals surface area contributed by atoms with Crippen LogP contribution in [-0.2, 0) is 14.3 Å². The number of fused-ring (bicyclic) bond motifs is 3. The van der Waals surface area contributed by atoms with Crippen LogP contribution in [0.15, 0.2) is 48.5 Å². The molecule has 25 heavy (non-hydrogen) atoms. The van der Waals surface area contributed by atoms with Crippen molar-refractivity contribution in [3.8, 4) is 11.1 Å². The number of carboxylic acid groups (broad SMARTS) is 1. The van der Waals surface area contributed by atoms with E-state index in [0.29, 0.717) is 0 Å². The third-order valence-corrected chi connectivity index (χ3v) is 4.54. The lowest BCUT2D eigenvalue weighted by atomic mass is 9.97. The maximum Gasteiger partial charge on any atom is 0.320 e. The SMILES string of the molecule is CC(N)C[C@@H](C(=O)O)C(=O)OCC1c2ccccc2-c2ccccc21. The van der Waals surface area contributed by atoms with E-state index in [4.69, 9.17) is 10.5 Å². The van der Waals surface area contributed by atoms with E-state index < -0.39 is 17.9 Å². The van der Waals surface area contributed by atoms with Crippen molar-refractivity contribution >= 4 is 11.9 Å². The van der Waals surface area contributed by atoms with E-state index in [0.717, 1.165) is 22.3 Å². The number of aliphatic carboxylic acids is 1. The molecule has 1 aliphatic carbocycles. The number of hydrogen-bond donors (Lipinski definition) is 2. The van der Waals surface area contributed by atoms with Crippen molar-refractivity contribution in [2.75, 3.05) is 6.61 Å². The standard InChI is InChI=1S/C20H21NO4/c1-12(21)10-17(19(22)23)20(24)25-11-18-15-8-4-2-6-13(15)14-7-3-5-9-16(14)18/h2-9,12,17-18H,10-11,21H2,1H3,(H,22,23)/t12?,17-/m0/s1. The molecule has 0 amide bonds. The monoisotopic (exact) mass is 339 g/mol. The predicted octanol–water partition coefficient (Wildman–Crippen LogP) is 2.78. The van der Waals surface area contributed by atoms with Gasteiger partial charge >= 0.3 is 11.9 Å². The summed E-state index contributed by atoms with van der Waals surface area (Å²) in [5.41, 5.74) is 10.1. The second-order valence-electron chi connectivity index (χ2n) is 6.46. The minimum atomic E-state index is -1.23. The maximum absolute atomic E-state index is 12.2. The molecule has 2 aromatic rings. The number of nitrogens with two attached hydrogens (primary N) is 1. The highest BCUT2D eigenvalue weighted by Gasteiger charge is 2.32. The Labute approximate surface area is 146 Å². The molecule has 130 valence electrons. The van der Waals surface area contributed by atoms with Gasteiger partial charge in [0.1, 0.15) is 6.61 Å². The fourth-order valence-corrected chi connectivity index (χ4v) is 3.38. The lowest BCUT2D eigenvalue weighted by Gasteiger charge is -2.17. The summed E-state index contributed by atoms with van der Waals surface area (Å²) in [5.74, 6) is -3.24. The van der Waals surface area contributed by atoms with Crippen LogP contribution in [0.1, 0.15) is 30.4 Å². The number of ether oxygens (including phenoxy) is 1. The Balaban J connectivity index is 1.79. The summed E-state index contributed by atoms with van der Waals surface area (Å²) < 4.78 is 5.39. The third kappa shape index (κ3) is 3.42. The fourth-order valence-electron chi connectivity index (χ4n) is 3.38. The first-order chi connectivity index (χ1) is 12.0. The van der Waals surface area contributed by atoms with Gasteiger partial charge in [0.15, 0.2) is 5.92 Å². The van der Waals surface area contributed by atoms with Crippen LogP contribution in [-0.4, -0.2) is 29.7 Å². The van der Waals surface area contributed by atoms with Crippen molar-refractivity contribution in [1.29, 1.82) is 0 Å². The molecule has 0 saturated heterocycles. The van der Waals surface area contributed by atoms with Crippen LogP contribution < -0.4 is 5.73 Å². The molecule has 0 radical (unpaired) electrons. The minimum absolute atomic E-state index is 0.0615. The van der Waals surface area contributed by atoms with Gasteiger partial charge in [-0.2, -0.15) is 0 Å². The van der Waals surface area contributed by atoms with Gasteiger partial charge in [0.25, 0.3) is 0 Å². The topological polar surface area (TPSA) is 89.6 Å². The van der Waals surface area contributed by atoms with Crippen LogP contribution in [0.5, 0.6) is 0 Å². The number of rotatable bonds is 6. The second kappa shape index (κ2) is 7.07. The highest BCUT2D eigenvalue weighted by atomic mass is 16.5. The first-order valence-corrected chi connectivity index (χ1v) is 8.32. The van der Waals surface area contributed by atoms with Crippen LogP contribution in [0.3, 0.4) is 0 Å². The molecule has 5 nitrogen and oxygen atoms in total. The molecular weight excluding hydrogens is 318 g/mol. The number of carbonyl (C=O) groups is 2. The molecule has 0 bridgehead atoms. The Bertz CT molecular complexity index is 754. The molecular formula is C20H21NO4. The Morgan fingerprint density at radius 2 is 1.60 bits per heavy atom. The second-order valence-corrected chi connectivity index (χ2v) is 6.46. The molecule has 1 aliphatic rings. The van der Waals surface area contributed by atoms with Gasteiger partial charge in [0.2, 0.25) is 0 Å². The van der Waals surface area contributed by atoms with Gasteiger partial charge < -0.3 is 15.6 Å². The molecule has 1 unspecified atom stereocenters. The van der Waals surface area contributed by atoms with E-state index in [1.54, 1.807) is 6.92 Å². The Hall–Kier alpha value is -2.66. The normalized spacial score (nSPS) is 15.1. The zero-order chi connectivity index (χ0) is 18.0. The average molecular weight is 339 g/mol. The molecule has 5 heteroatoms. The van der Waals surface area contributed by atoms with Gasteiger partial charge in [0, 0.05) is 12.0 Å². The van der Waals surface area contributed by atoms with E-state index in [-0.39, 0.29) is 25.0 Å². The quantitative estimate of drug-likeness (QED) is 0.624. The molecule has 2 aromatic carbocycles. The lowest BCUT2D eigenvalue weighted by molar-refractivity contribution is -0.159. The molecule has 0 heterocycles. The number of carboxylic acids is 1. The van der Waals surface area contributed by atoms with Gasteiger partial charge in [-0.3, -0.25) is 9.59 Å². The average Bonchev–Trinajstić information content (AvgIpc) is 2.91. The van der Waals surface area contributed by atoms with Crippen molar-refractivity contribution in [2.45, 2.75) is 25.3 Å². The zero-order valence-corrected chi connectivity index (χ0v) is 14.0. The van der Waals surface area contributed by atoms with E-state index in [2.05, 4.69) is 0 Å². The van der Waals surface area contributed by atoms with E-state index >= 15 is 0 Å². The van der Waals surface area contributed by atoms with Gasteiger partial charge in [0.05, 0.1) is 0 Å². The summed E-state index contributed by atoms with van der Waals surface area (Å²) in [4.78, 5) is 23.6. The molecule has 0 aliphatic heterocycles. The van der Waals surface area contributed by atoms with Gasteiger partial charge in [-0.1, -0.05) is 48.5 Å². The number of benzene rings is 2.